The predicted octanol–water partition coefficient (Wildman–Crippen LogP) is 1.46. The largest absolute Gasteiger partial charge is 0.384 e. The van der Waals surface area contributed by atoms with E-state index in [0.717, 1.165) is 16.2 Å². The summed E-state index contributed by atoms with van der Waals surface area (Å²) in [7, 11) is -5.73. The molecule has 0 fully saturated rings. The molecule has 126 valence electrons. The Hall–Kier alpha value is -1.26. The lowest BCUT2D eigenvalue weighted by Gasteiger charge is -2.06. The van der Waals surface area contributed by atoms with Crippen molar-refractivity contribution < 1.29 is 21.6 Å². The number of methoxy groups -OCH3 is 1. The fraction of sp³-hybridized carbons (Fsp3) is 0.286. The van der Waals surface area contributed by atoms with Crippen LogP contribution in [0.25, 0.3) is 0 Å². The van der Waals surface area contributed by atoms with Crippen molar-refractivity contribution in [2.75, 3.05) is 19.5 Å². The molecule has 0 bridgehead atoms. The highest BCUT2D eigenvalue weighted by Crippen LogP contribution is 2.28. The first-order valence-corrected chi connectivity index (χ1v) is 10.6. The minimum atomic E-state index is -3.66. The molecule has 2 N–H and O–H groups in total. The third-order valence-corrected chi connectivity index (χ3v) is 8.22. The summed E-state index contributed by atoms with van der Waals surface area (Å²) in [5, 5.41) is 0. The number of nitrogens with two attached hydrogens (primary N) is 1. The molecule has 0 aliphatic carbocycles. The Labute approximate surface area is 139 Å². The van der Waals surface area contributed by atoms with Crippen molar-refractivity contribution in [1.29, 1.82) is 0 Å². The van der Waals surface area contributed by atoms with Gasteiger partial charge in [0, 0.05) is 18.5 Å². The second kappa shape index (κ2) is 7.10. The van der Waals surface area contributed by atoms with Gasteiger partial charge in [-0.15, -0.1) is 11.3 Å². The molecule has 0 saturated carbocycles. The minimum absolute atomic E-state index is 0.0496. The van der Waals surface area contributed by atoms with E-state index in [1.54, 1.807) is 6.07 Å². The molecule has 0 radical (unpaired) electrons. The fourth-order valence-electron chi connectivity index (χ4n) is 1.87. The molecule has 0 aliphatic rings. The molecule has 0 aliphatic heterocycles. The number of rotatable bonds is 7. The highest BCUT2D eigenvalue weighted by atomic mass is 32.2. The van der Waals surface area contributed by atoms with Crippen molar-refractivity contribution in [3.8, 4) is 0 Å². The molecular formula is C14H17NO5S3. The fourth-order valence-corrected chi connectivity index (χ4v) is 5.67. The lowest BCUT2D eigenvalue weighted by Crippen LogP contribution is -2.11. The van der Waals surface area contributed by atoms with Crippen LogP contribution in [-0.4, -0.2) is 36.3 Å². The maximum atomic E-state index is 12.5. The van der Waals surface area contributed by atoms with Gasteiger partial charge in [0.25, 0.3) is 0 Å². The lowest BCUT2D eigenvalue weighted by molar-refractivity contribution is 0.217. The van der Waals surface area contributed by atoms with E-state index in [4.69, 9.17) is 10.5 Å². The zero-order valence-corrected chi connectivity index (χ0v) is 14.9. The molecule has 23 heavy (non-hydrogen) atoms. The second-order valence-corrected chi connectivity index (χ2v) is 10.2. The average molecular weight is 375 g/mol. The first-order chi connectivity index (χ1) is 10.8. The van der Waals surface area contributed by atoms with Gasteiger partial charge in [-0.3, -0.25) is 0 Å². The Morgan fingerprint density at radius 3 is 2.13 bits per heavy atom. The van der Waals surface area contributed by atoms with Crippen LogP contribution in [0.15, 0.2) is 50.4 Å². The van der Waals surface area contributed by atoms with Crippen LogP contribution >= 0.6 is 11.3 Å². The summed E-state index contributed by atoms with van der Waals surface area (Å²) in [6, 6.07) is 8.38. The summed E-state index contributed by atoms with van der Waals surface area (Å²) in [5.41, 5.74) is 5.49. The van der Waals surface area contributed by atoms with E-state index in [1.807, 2.05) is 0 Å². The smallest absolute Gasteiger partial charge is 0.215 e. The SMILES string of the molecule is COCCS(=O)(=O)c1ccc(S(=O)(=O)c2ccc(CN)s2)cc1. The first-order valence-electron chi connectivity index (χ1n) is 6.67. The third-order valence-electron chi connectivity index (χ3n) is 3.15. The van der Waals surface area contributed by atoms with E-state index in [-0.39, 0.29) is 32.9 Å². The molecule has 1 aromatic heterocycles. The van der Waals surface area contributed by atoms with E-state index in [1.165, 1.54) is 37.4 Å². The van der Waals surface area contributed by atoms with Gasteiger partial charge in [0.2, 0.25) is 9.84 Å². The van der Waals surface area contributed by atoms with Gasteiger partial charge in [-0.1, -0.05) is 0 Å². The summed E-state index contributed by atoms with van der Waals surface area (Å²) in [5.74, 6) is -0.152. The summed E-state index contributed by atoms with van der Waals surface area (Å²) in [4.78, 5) is 0.887. The van der Waals surface area contributed by atoms with Gasteiger partial charge in [-0.05, 0) is 36.4 Å². The first kappa shape index (κ1) is 18.1. The van der Waals surface area contributed by atoms with Crippen molar-refractivity contribution >= 4 is 31.0 Å². The van der Waals surface area contributed by atoms with Gasteiger partial charge >= 0.3 is 0 Å². The van der Waals surface area contributed by atoms with Gasteiger partial charge in [0.1, 0.15) is 4.21 Å². The Bertz CT molecular complexity index is 867. The topological polar surface area (TPSA) is 104 Å². The summed E-state index contributed by atoms with van der Waals surface area (Å²) in [6.45, 7) is 0.357. The molecule has 2 aromatic rings. The van der Waals surface area contributed by atoms with Crippen molar-refractivity contribution in [3.05, 3.63) is 41.3 Å². The Kier molecular flexibility index (Phi) is 5.58. The van der Waals surface area contributed by atoms with Crippen LogP contribution in [0.1, 0.15) is 4.88 Å². The van der Waals surface area contributed by atoms with Gasteiger partial charge in [-0.2, -0.15) is 0 Å². The molecule has 1 aromatic carbocycles. The highest BCUT2D eigenvalue weighted by Gasteiger charge is 2.21. The Morgan fingerprint density at radius 2 is 1.61 bits per heavy atom. The monoisotopic (exact) mass is 375 g/mol. The van der Waals surface area contributed by atoms with Crippen molar-refractivity contribution in [1.82, 2.24) is 0 Å². The van der Waals surface area contributed by atoms with Crippen LogP contribution in [0.4, 0.5) is 0 Å². The number of hydrogen-bond acceptors (Lipinski definition) is 7. The van der Waals surface area contributed by atoms with Crippen molar-refractivity contribution in [3.63, 3.8) is 0 Å². The molecule has 6 nitrogen and oxygen atoms in total. The van der Waals surface area contributed by atoms with Gasteiger partial charge in [0.05, 0.1) is 22.2 Å². The quantitative estimate of drug-likeness (QED) is 0.786. The maximum absolute atomic E-state index is 12.5. The second-order valence-electron chi connectivity index (χ2n) is 4.71. The summed E-state index contributed by atoms with van der Waals surface area (Å²) in [6.07, 6.45) is 0. The molecule has 0 unspecified atom stereocenters. The van der Waals surface area contributed by atoms with E-state index in [2.05, 4.69) is 0 Å². The number of ether oxygens (including phenoxy) is 1. The predicted molar refractivity (Wildman–Crippen MR) is 88.0 cm³/mol. The number of benzene rings is 1. The van der Waals surface area contributed by atoms with Gasteiger partial charge < -0.3 is 10.5 Å². The average Bonchev–Trinajstić information content (AvgIpc) is 3.03. The third kappa shape index (κ3) is 3.99. The molecule has 0 amide bonds. The molecule has 9 heteroatoms. The molecule has 0 atom stereocenters. The highest BCUT2D eigenvalue weighted by molar-refractivity contribution is 7.93. The van der Waals surface area contributed by atoms with Crippen LogP contribution in [-0.2, 0) is 31.0 Å². The maximum Gasteiger partial charge on any atom is 0.215 e. The summed E-state index contributed by atoms with van der Waals surface area (Å²) < 4.78 is 54.0. The van der Waals surface area contributed by atoms with E-state index >= 15 is 0 Å². The molecule has 1 heterocycles. The normalized spacial score (nSPS) is 12.4. The lowest BCUT2D eigenvalue weighted by atomic mass is 10.4. The molecule has 2 rings (SSSR count). The molecule has 0 saturated heterocycles. The molecular weight excluding hydrogens is 358 g/mol. The van der Waals surface area contributed by atoms with E-state index in [9.17, 15) is 16.8 Å². The van der Waals surface area contributed by atoms with Crippen LogP contribution in [0.2, 0.25) is 0 Å². The van der Waals surface area contributed by atoms with Crippen molar-refractivity contribution in [2.45, 2.75) is 20.5 Å². The molecule has 0 spiro atoms. The van der Waals surface area contributed by atoms with Crippen LogP contribution in [0.5, 0.6) is 0 Å². The van der Waals surface area contributed by atoms with Crippen LogP contribution < -0.4 is 5.73 Å². The van der Waals surface area contributed by atoms with Crippen molar-refractivity contribution in [2.24, 2.45) is 5.73 Å². The Morgan fingerprint density at radius 1 is 1.00 bits per heavy atom. The number of hydrogen-bond donors (Lipinski definition) is 1. The Balaban J connectivity index is 2.32. The van der Waals surface area contributed by atoms with Crippen LogP contribution in [0.3, 0.4) is 0 Å². The van der Waals surface area contributed by atoms with E-state index < -0.39 is 19.7 Å². The summed E-state index contributed by atoms with van der Waals surface area (Å²) >= 11 is 1.11. The minimum Gasteiger partial charge on any atom is -0.384 e. The van der Waals surface area contributed by atoms with E-state index in [0.29, 0.717) is 0 Å². The number of sulfone groups is 2. The van der Waals surface area contributed by atoms with Gasteiger partial charge in [0.15, 0.2) is 9.84 Å². The number of thiophene rings is 1. The van der Waals surface area contributed by atoms with Gasteiger partial charge in [-0.25, -0.2) is 16.8 Å². The standard InChI is InChI=1S/C14H17NO5S3/c1-20-8-9-22(16,17)12-3-5-13(6-4-12)23(18,19)14-7-2-11(10-15)21-14/h2-7H,8-10,15H2,1H3. The van der Waals surface area contributed by atoms with Crippen LogP contribution in [0, 0.1) is 0 Å². The zero-order valence-electron chi connectivity index (χ0n) is 12.4. The zero-order chi connectivity index (χ0) is 17.1.